The number of aromatic nitrogens is 4. The van der Waals surface area contributed by atoms with E-state index < -0.39 is 0 Å². The number of rotatable bonds is 6. The van der Waals surface area contributed by atoms with Crippen molar-refractivity contribution in [3.05, 3.63) is 48.1 Å². The van der Waals surface area contributed by atoms with Crippen molar-refractivity contribution in [2.45, 2.75) is 64.0 Å². The maximum Gasteiger partial charge on any atom is 0.131 e. The second kappa shape index (κ2) is 8.29. The third-order valence-electron chi connectivity index (χ3n) is 5.00. The van der Waals surface area contributed by atoms with Gasteiger partial charge in [-0.3, -0.25) is 14.9 Å². The lowest BCUT2D eigenvalue weighted by atomic mass is 9.89. The highest BCUT2D eigenvalue weighted by Crippen LogP contribution is 2.30. The minimum absolute atomic E-state index is 0.389. The minimum atomic E-state index is 0.389. The molecule has 0 unspecified atom stereocenters. The Labute approximate surface area is 144 Å². The molecule has 1 fully saturated rings. The zero-order valence-corrected chi connectivity index (χ0v) is 14.7. The lowest BCUT2D eigenvalue weighted by Gasteiger charge is -2.24. The van der Waals surface area contributed by atoms with Crippen LogP contribution in [0.1, 0.15) is 62.0 Å². The molecule has 5 heteroatoms. The van der Waals surface area contributed by atoms with Crippen LogP contribution >= 0.6 is 0 Å². The van der Waals surface area contributed by atoms with E-state index in [2.05, 4.69) is 38.8 Å². The average Bonchev–Trinajstić information content (AvgIpc) is 2.64. The summed E-state index contributed by atoms with van der Waals surface area (Å²) in [5, 5.41) is 0. The lowest BCUT2D eigenvalue weighted by molar-refractivity contribution is 0.246. The van der Waals surface area contributed by atoms with Gasteiger partial charge in [0, 0.05) is 61.5 Å². The SMILES string of the molecule is C[C@H](Cc1cnccn1)N(C)Cc1cnc(C2CCCCC2)nc1. The molecular formula is C19H27N5. The van der Waals surface area contributed by atoms with Gasteiger partial charge < -0.3 is 0 Å². The van der Waals surface area contributed by atoms with Crippen molar-refractivity contribution < 1.29 is 0 Å². The molecule has 2 aromatic rings. The molecule has 0 N–H and O–H groups in total. The Morgan fingerprint density at radius 2 is 1.79 bits per heavy atom. The van der Waals surface area contributed by atoms with Crippen LogP contribution in [0.15, 0.2) is 31.0 Å². The zero-order valence-electron chi connectivity index (χ0n) is 14.7. The van der Waals surface area contributed by atoms with Gasteiger partial charge in [-0.05, 0) is 26.8 Å². The molecule has 5 nitrogen and oxygen atoms in total. The average molecular weight is 325 g/mol. The Morgan fingerprint density at radius 3 is 2.46 bits per heavy atom. The van der Waals surface area contributed by atoms with Crippen molar-refractivity contribution in [2.75, 3.05) is 7.05 Å². The predicted octanol–water partition coefficient (Wildman–Crippen LogP) is 3.38. The summed E-state index contributed by atoms with van der Waals surface area (Å²) in [5.41, 5.74) is 2.20. The van der Waals surface area contributed by atoms with Gasteiger partial charge in [0.2, 0.25) is 0 Å². The van der Waals surface area contributed by atoms with Crippen LogP contribution in [0, 0.1) is 0 Å². The van der Waals surface area contributed by atoms with Gasteiger partial charge in [-0.1, -0.05) is 19.3 Å². The number of likely N-dealkylation sites (N-methyl/N-ethyl adjacent to an activating group) is 1. The number of hydrogen-bond acceptors (Lipinski definition) is 5. The Bertz CT molecular complexity index is 607. The molecule has 0 bridgehead atoms. The Balaban J connectivity index is 1.54. The zero-order chi connectivity index (χ0) is 16.8. The minimum Gasteiger partial charge on any atom is -0.299 e. The van der Waals surface area contributed by atoms with Crippen molar-refractivity contribution in [3.63, 3.8) is 0 Å². The summed E-state index contributed by atoms with van der Waals surface area (Å²) in [6, 6.07) is 0.389. The summed E-state index contributed by atoms with van der Waals surface area (Å²) in [6.07, 6.45) is 16.7. The molecule has 3 rings (SSSR count). The van der Waals surface area contributed by atoms with Gasteiger partial charge in [-0.25, -0.2) is 9.97 Å². The van der Waals surface area contributed by atoms with Crippen LogP contribution < -0.4 is 0 Å². The largest absolute Gasteiger partial charge is 0.299 e. The van der Waals surface area contributed by atoms with Gasteiger partial charge in [0.05, 0.1) is 5.69 Å². The van der Waals surface area contributed by atoms with Crippen molar-refractivity contribution >= 4 is 0 Å². The molecular weight excluding hydrogens is 298 g/mol. The summed E-state index contributed by atoms with van der Waals surface area (Å²) in [5.74, 6) is 1.61. The third kappa shape index (κ3) is 4.57. The maximum atomic E-state index is 4.64. The fourth-order valence-corrected chi connectivity index (χ4v) is 3.36. The second-order valence-electron chi connectivity index (χ2n) is 6.95. The Morgan fingerprint density at radius 1 is 1.04 bits per heavy atom. The summed E-state index contributed by atoms with van der Waals surface area (Å²) in [4.78, 5) is 20.1. The van der Waals surface area contributed by atoms with E-state index in [-0.39, 0.29) is 0 Å². The first-order valence-electron chi connectivity index (χ1n) is 8.98. The first-order valence-corrected chi connectivity index (χ1v) is 8.98. The van der Waals surface area contributed by atoms with Crippen molar-refractivity contribution in [1.82, 2.24) is 24.8 Å². The number of nitrogens with zero attached hydrogens (tertiary/aromatic N) is 5. The van der Waals surface area contributed by atoms with Crippen LogP contribution in [0.5, 0.6) is 0 Å². The van der Waals surface area contributed by atoms with Crippen molar-refractivity contribution in [1.29, 1.82) is 0 Å². The van der Waals surface area contributed by atoms with Gasteiger partial charge in [0.25, 0.3) is 0 Å². The summed E-state index contributed by atoms with van der Waals surface area (Å²) < 4.78 is 0. The first kappa shape index (κ1) is 17.0. The van der Waals surface area contributed by atoms with E-state index >= 15 is 0 Å². The van der Waals surface area contributed by atoms with E-state index in [1.807, 2.05) is 18.6 Å². The van der Waals surface area contributed by atoms with Crippen molar-refractivity contribution in [2.24, 2.45) is 0 Å². The van der Waals surface area contributed by atoms with Gasteiger partial charge in [0.15, 0.2) is 0 Å². The van der Waals surface area contributed by atoms with E-state index in [0.717, 1.165) is 24.5 Å². The molecule has 1 aliphatic carbocycles. The van der Waals surface area contributed by atoms with Crippen LogP contribution in [0.3, 0.4) is 0 Å². The van der Waals surface area contributed by atoms with Gasteiger partial charge >= 0.3 is 0 Å². The highest BCUT2D eigenvalue weighted by molar-refractivity contribution is 5.08. The monoisotopic (exact) mass is 325 g/mol. The van der Waals surface area contributed by atoms with Crippen molar-refractivity contribution in [3.8, 4) is 0 Å². The van der Waals surface area contributed by atoms with Gasteiger partial charge in [-0.15, -0.1) is 0 Å². The highest BCUT2D eigenvalue weighted by Gasteiger charge is 2.18. The molecule has 0 radical (unpaired) electrons. The molecule has 0 saturated heterocycles. The molecule has 128 valence electrons. The molecule has 24 heavy (non-hydrogen) atoms. The molecule has 1 saturated carbocycles. The second-order valence-corrected chi connectivity index (χ2v) is 6.95. The third-order valence-corrected chi connectivity index (χ3v) is 5.00. The lowest BCUT2D eigenvalue weighted by Crippen LogP contribution is -2.30. The van der Waals surface area contributed by atoms with E-state index in [1.165, 1.54) is 37.7 Å². The van der Waals surface area contributed by atoms with Crippen LogP contribution in [0.4, 0.5) is 0 Å². The van der Waals surface area contributed by atoms with E-state index in [0.29, 0.717) is 12.0 Å². The normalized spacial score (nSPS) is 17.1. The Kier molecular flexibility index (Phi) is 5.86. The summed E-state index contributed by atoms with van der Waals surface area (Å²) >= 11 is 0. The molecule has 2 heterocycles. The fraction of sp³-hybridized carbons (Fsp3) is 0.579. The number of hydrogen-bond donors (Lipinski definition) is 0. The van der Waals surface area contributed by atoms with Gasteiger partial charge in [-0.2, -0.15) is 0 Å². The fourth-order valence-electron chi connectivity index (χ4n) is 3.36. The molecule has 1 atom stereocenters. The maximum absolute atomic E-state index is 4.64. The molecule has 0 amide bonds. The molecule has 0 aromatic carbocycles. The standard InChI is InChI=1S/C19H27N5/c1-15(10-18-13-20-8-9-21-18)24(2)14-16-11-22-19(23-12-16)17-6-4-3-5-7-17/h8-9,11-13,15,17H,3-7,10,14H2,1-2H3/t15-/m1/s1. The molecule has 1 aliphatic rings. The van der Waals surface area contributed by atoms with Crippen LogP contribution in [-0.2, 0) is 13.0 Å². The molecule has 0 spiro atoms. The summed E-state index contributed by atoms with van der Waals surface area (Å²) in [7, 11) is 2.14. The van der Waals surface area contributed by atoms with E-state index in [9.17, 15) is 0 Å². The molecule has 2 aromatic heterocycles. The smallest absolute Gasteiger partial charge is 0.131 e. The van der Waals surface area contributed by atoms with Gasteiger partial charge in [0.1, 0.15) is 5.82 Å². The topological polar surface area (TPSA) is 54.8 Å². The van der Waals surface area contributed by atoms with E-state index in [1.54, 1.807) is 12.4 Å². The molecule has 0 aliphatic heterocycles. The summed E-state index contributed by atoms with van der Waals surface area (Å²) in [6.45, 7) is 3.07. The van der Waals surface area contributed by atoms with E-state index in [4.69, 9.17) is 0 Å². The van der Waals surface area contributed by atoms with Crippen LogP contribution in [-0.4, -0.2) is 37.9 Å². The highest BCUT2D eigenvalue weighted by atomic mass is 15.1. The Hall–Kier alpha value is -1.88. The first-order chi connectivity index (χ1) is 11.7. The van der Waals surface area contributed by atoms with Crippen LogP contribution in [0.25, 0.3) is 0 Å². The quantitative estimate of drug-likeness (QED) is 0.815. The predicted molar refractivity (Wildman–Crippen MR) is 94.5 cm³/mol. The van der Waals surface area contributed by atoms with Crippen LogP contribution in [0.2, 0.25) is 0 Å².